The number of benzene rings is 4. The van der Waals surface area contributed by atoms with Gasteiger partial charge in [-0.3, -0.25) is 9.97 Å². The molecule has 0 spiro atoms. The van der Waals surface area contributed by atoms with E-state index in [9.17, 15) is 0 Å². The smallest absolute Gasteiger partial charge is 0.0751 e. The van der Waals surface area contributed by atoms with Gasteiger partial charge in [0, 0.05) is 38.2 Å². The standard InChI is InChI=1S/C19H16N.C18H15N2.Ir/c1-14-8-10-17(11-9-14)19-12-18(15(2)13-20-19)16-6-4-3-5-7-16;1-13-12-19-18(20-14(13)2)17-10-6-9-16(11-17)15-7-4-3-5-8-15;/h3-10,12-13H,1-2H3;3-9,11-12H,1-2H3;/q2*-1;. The molecule has 0 aliphatic carbocycles. The first kappa shape index (κ1) is 29.7. The van der Waals surface area contributed by atoms with Gasteiger partial charge in [-0.15, -0.1) is 70.8 Å². The Balaban J connectivity index is 0.000000184. The van der Waals surface area contributed by atoms with Crippen molar-refractivity contribution >= 4 is 0 Å². The van der Waals surface area contributed by atoms with Crippen LogP contribution >= 0.6 is 0 Å². The van der Waals surface area contributed by atoms with Gasteiger partial charge in [0.25, 0.3) is 0 Å². The van der Waals surface area contributed by atoms with E-state index in [1.54, 1.807) is 0 Å². The van der Waals surface area contributed by atoms with Crippen molar-refractivity contribution in [3.63, 3.8) is 0 Å². The molecular formula is C37H31IrN3-2. The predicted molar refractivity (Wildman–Crippen MR) is 165 cm³/mol. The zero-order valence-corrected chi connectivity index (χ0v) is 26.0. The van der Waals surface area contributed by atoms with E-state index in [2.05, 4.69) is 108 Å². The molecule has 0 atom stereocenters. The van der Waals surface area contributed by atoms with Crippen molar-refractivity contribution in [3.05, 3.63) is 150 Å². The van der Waals surface area contributed by atoms with Crippen LogP contribution in [-0.4, -0.2) is 15.0 Å². The molecule has 41 heavy (non-hydrogen) atoms. The summed E-state index contributed by atoms with van der Waals surface area (Å²) in [5, 5.41) is 0. The Morgan fingerprint density at radius 3 is 1.93 bits per heavy atom. The van der Waals surface area contributed by atoms with Gasteiger partial charge >= 0.3 is 0 Å². The molecule has 6 aromatic rings. The summed E-state index contributed by atoms with van der Waals surface area (Å²) in [6, 6.07) is 41.6. The molecule has 2 aromatic heterocycles. The minimum Gasteiger partial charge on any atom is -0.304 e. The molecule has 6 rings (SSSR count). The molecule has 0 N–H and O–H groups in total. The monoisotopic (exact) mass is 710 g/mol. The molecule has 0 saturated heterocycles. The zero-order chi connectivity index (χ0) is 27.9. The molecule has 0 unspecified atom stereocenters. The second kappa shape index (κ2) is 13.9. The molecule has 0 fully saturated rings. The Labute approximate surface area is 256 Å². The maximum atomic E-state index is 4.54. The van der Waals surface area contributed by atoms with Gasteiger partial charge in [-0.05, 0) is 54.3 Å². The fourth-order valence-electron chi connectivity index (χ4n) is 4.32. The number of hydrogen-bond donors (Lipinski definition) is 0. The Hall–Kier alpha value is -4.24. The third-order valence-corrected chi connectivity index (χ3v) is 6.81. The molecule has 2 heterocycles. The molecule has 0 bridgehead atoms. The van der Waals surface area contributed by atoms with Crippen LogP contribution in [0.4, 0.5) is 0 Å². The van der Waals surface area contributed by atoms with Crippen LogP contribution in [0.15, 0.2) is 116 Å². The molecule has 3 nitrogen and oxygen atoms in total. The van der Waals surface area contributed by atoms with Crippen molar-refractivity contribution < 1.29 is 20.1 Å². The fourth-order valence-corrected chi connectivity index (χ4v) is 4.32. The molecule has 0 aliphatic heterocycles. The van der Waals surface area contributed by atoms with Crippen LogP contribution in [0.1, 0.15) is 22.4 Å². The Bertz CT molecular complexity index is 1710. The molecular weight excluding hydrogens is 679 g/mol. The first-order valence-electron chi connectivity index (χ1n) is 13.4. The van der Waals surface area contributed by atoms with E-state index in [1.165, 1.54) is 27.8 Å². The van der Waals surface area contributed by atoms with Gasteiger partial charge in [-0.25, -0.2) is 0 Å². The minimum atomic E-state index is 0. The molecule has 4 heteroatoms. The van der Waals surface area contributed by atoms with Crippen LogP contribution in [-0.2, 0) is 20.1 Å². The summed E-state index contributed by atoms with van der Waals surface area (Å²) >= 11 is 0. The zero-order valence-electron chi connectivity index (χ0n) is 23.6. The van der Waals surface area contributed by atoms with Crippen molar-refractivity contribution in [1.82, 2.24) is 15.0 Å². The predicted octanol–water partition coefficient (Wildman–Crippen LogP) is 9.06. The van der Waals surface area contributed by atoms with Crippen molar-refractivity contribution in [1.29, 1.82) is 0 Å². The number of rotatable bonds is 4. The Kier molecular flexibility index (Phi) is 10.1. The number of hydrogen-bond acceptors (Lipinski definition) is 3. The summed E-state index contributed by atoms with van der Waals surface area (Å²) in [7, 11) is 0. The van der Waals surface area contributed by atoms with Crippen molar-refractivity contribution in [2.24, 2.45) is 0 Å². The molecule has 0 aliphatic rings. The van der Waals surface area contributed by atoms with Crippen LogP contribution in [0.25, 0.3) is 44.9 Å². The average molecular weight is 710 g/mol. The van der Waals surface area contributed by atoms with Crippen LogP contribution in [0.3, 0.4) is 0 Å². The van der Waals surface area contributed by atoms with Gasteiger partial charge < -0.3 is 4.98 Å². The van der Waals surface area contributed by atoms with Gasteiger partial charge in [0.2, 0.25) is 0 Å². The van der Waals surface area contributed by atoms with Gasteiger partial charge in [0.1, 0.15) is 0 Å². The van der Waals surface area contributed by atoms with Gasteiger partial charge in [0.15, 0.2) is 0 Å². The molecule has 4 aromatic carbocycles. The van der Waals surface area contributed by atoms with Gasteiger partial charge in [0.05, 0.1) is 5.82 Å². The summed E-state index contributed by atoms with van der Waals surface area (Å²) < 4.78 is 0. The fraction of sp³-hybridized carbons (Fsp3) is 0.108. The molecule has 0 saturated carbocycles. The number of nitrogens with zero attached hydrogens (tertiary/aromatic N) is 3. The first-order valence-corrected chi connectivity index (χ1v) is 13.4. The molecule has 205 valence electrons. The van der Waals surface area contributed by atoms with E-state index in [-0.39, 0.29) is 20.1 Å². The van der Waals surface area contributed by atoms with E-state index >= 15 is 0 Å². The summed E-state index contributed by atoms with van der Waals surface area (Å²) in [5.41, 5.74) is 12.2. The maximum absolute atomic E-state index is 4.54. The van der Waals surface area contributed by atoms with Crippen LogP contribution in [0, 0.1) is 39.8 Å². The van der Waals surface area contributed by atoms with Crippen molar-refractivity contribution in [3.8, 4) is 44.9 Å². The Morgan fingerprint density at radius 1 is 0.585 bits per heavy atom. The van der Waals surface area contributed by atoms with Gasteiger partial charge in [-0.1, -0.05) is 73.7 Å². The summed E-state index contributed by atoms with van der Waals surface area (Å²) in [4.78, 5) is 13.5. The minimum absolute atomic E-state index is 0. The number of pyridine rings is 1. The summed E-state index contributed by atoms with van der Waals surface area (Å²) in [6.07, 6.45) is 3.80. The van der Waals surface area contributed by atoms with Crippen LogP contribution in [0.2, 0.25) is 0 Å². The summed E-state index contributed by atoms with van der Waals surface area (Å²) in [6.45, 7) is 8.18. The molecule has 1 radical (unpaired) electrons. The quantitative estimate of drug-likeness (QED) is 0.172. The normalized spacial score (nSPS) is 10.2. The summed E-state index contributed by atoms with van der Waals surface area (Å²) in [5.74, 6) is 0.728. The van der Waals surface area contributed by atoms with Crippen LogP contribution < -0.4 is 0 Å². The number of aryl methyl sites for hydroxylation is 4. The van der Waals surface area contributed by atoms with E-state index in [4.69, 9.17) is 0 Å². The average Bonchev–Trinajstić information content (AvgIpc) is 3.00. The third kappa shape index (κ3) is 7.49. The second-order valence-electron chi connectivity index (χ2n) is 9.85. The second-order valence-corrected chi connectivity index (χ2v) is 9.85. The maximum Gasteiger partial charge on any atom is 0.0751 e. The Morgan fingerprint density at radius 2 is 1.27 bits per heavy atom. The van der Waals surface area contributed by atoms with Crippen LogP contribution in [0.5, 0.6) is 0 Å². The van der Waals surface area contributed by atoms with E-state index in [0.717, 1.165) is 39.5 Å². The topological polar surface area (TPSA) is 38.7 Å². The third-order valence-electron chi connectivity index (χ3n) is 6.81. The number of aromatic nitrogens is 3. The van der Waals surface area contributed by atoms with E-state index in [0.29, 0.717) is 0 Å². The van der Waals surface area contributed by atoms with Crippen molar-refractivity contribution in [2.75, 3.05) is 0 Å². The van der Waals surface area contributed by atoms with Gasteiger partial charge in [-0.2, -0.15) is 0 Å². The van der Waals surface area contributed by atoms with E-state index < -0.39 is 0 Å². The van der Waals surface area contributed by atoms with Crippen molar-refractivity contribution in [2.45, 2.75) is 27.7 Å². The SMILES string of the molecule is Cc1c[c-]c(-c2cc(-c3ccccc3)c(C)cn2)cc1.Cc1cnc(-c2[c-]ccc(-c3ccccc3)c2)nc1C.[Ir]. The molecule has 0 amide bonds. The van der Waals surface area contributed by atoms with E-state index in [1.807, 2.05) is 62.6 Å². The first-order chi connectivity index (χ1) is 19.5. The largest absolute Gasteiger partial charge is 0.304 e.